The third-order valence-corrected chi connectivity index (χ3v) is 3.11. The molecule has 0 unspecified atom stereocenters. The molecule has 0 amide bonds. The first-order valence-corrected chi connectivity index (χ1v) is 7.25. The number of nitrogens with zero attached hydrogens (tertiary/aromatic N) is 1. The van der Waals surface area contributed by atoms with Crippen LogP contribution in [-0.4, -0.2) is 19.7 Å². The fourth-order valence-corrected chi connectivity index (χ4v) is 1.96. The maximum absolute atomic E-state index is 5.92. The number of aliphatic imine (C=N–C) groups is 1. The number of guanidine groups is 1. The number of anilines is 1. The lowest BCUT2D eigenvalue weighted by molar-refractivity contribution is 0.359. The van der Waals surface area contributed by atoms with E-state index in [0.29, 0.717) is 19.1 Å². The van der Waals surface area contributed by atoms with Gasteiger partial charge in [-0.25, -0.2) is 4.99 Å². The van der Waals surface area contributed by atoms with E-state index in [1.54, 1.807) is 13.2 Å². The van der Waals surface area contributed by atoms with E-state index in [1.807, 2.05) is 48.5 Å². The molecule has 5 nitrogen and oxygen atoms in total. The highest BCUT2D eigenvalue weighted by Gasteiger charge is 2.02. The van der Waals surface area contributed by atoms with E-state index in [2.05, 4.69) is 16.9 Å². The number of hydrogen-bond acceptors (Lipinski definition) is 3. The molecule has 0 aliphatic rings. The predicted molar refractivity (Wildman–Crippen MR) is 109 cm³/mol. The van der Waals surface area contributed by atoms with Gasteiger partial charge in [0.05, 0.1) is 13.7 Å². The Morgan fingerprint density at radius 2 is 1.92 bits per heavy atom. The van der Waals surface area contributed by atoms with E-state index < -0.39 is 0 Å². The van der Waals surface area contributed by atoms with Crippen molar-refractivity contribution in [3.8, 4) is 11.5 Å². The van der Waals surface area contributed by atoms with Gasteiger partial charge in [-0.2, -0.15) is 0 Å². The van der Waals surface area contributed by atoms with Gasteiger partial charge in [0, 0.05) is 11.3 Å². The zero-order chi connectivity index (χ0) is 16.5. The number of hydrogen-bond donors (Lipinski definition) is 2. The van der Waals surface area contributed by atoms with Crippen molar-refractivity contribution in [2.75, 3.05) is 19.0 Å². The first-order valence-electron chi connectivity index (χ1n) is 7.25. The van der Waals surface area contributed by atoms with Crippen molar-refractivity contribution >= 4 is 35.6 Å². The molecule has 0 heterocycles. The predicted octanol–water partition coefficient (Wildman–Crippen LogP) is 3.80. The molecule has 0 aliphatic carbocycles. The van der Waals surface area contributed by atoms with Crippen LogP contribution >= 0.6 is 24.0 Å². The molecule has 0 spiro atoms. The van der Waals surface area contributed by atoms with Gasteiger partial charge in [-0.3, -0.25) is 0 Å². The van der Waals surface area contributed by atoms with Gasteiger partial charge in [0.1, 0.15) is 18.1 Å². The average molecular weight is 439 g/mol. The summed E-state index contributed by atoms with van der Waals surface area (Å²) in [5.74, 6) is 1.92. The Morgan fingerprint density at radius 3 is 2.58 bits per heavy atom. The molecule has 0 aliphatic heterocycles. The molecular formula is C18H22IN3O2. The smallest absolute Gasteiger partial charge is 0.193 e. The molecule has 2 aromatic carbocycles. The normalized spacial score (nSPS) is 10.5. The van der Waals surface area contributed by atoms with Crippen LogP contribution in [0.2, 0.25) is 0 Å². The van der Waals surface area contributed by atoms with Crippen LogP contribution in [-0.2, 0) is 6.54 Å². The summed E-state index contributed by atoms with van der Waals surface area (Å²) in [5.41, 5.74) is 7.74. The molecule has 0 saturated heterocycles. The van der Waals surface area contributed by atoms with Crippen LogP contribution in [0.5, 0.6) is 11.5 Å². The minimum Gasteiger partial charge on any atom is -0.497 e. The maximum atomic E-state index is 5.92. The van der Waals surface area contributed by atoms with Gasteiger partial charge in [-0.1, -0.05) is 30.9 Å². The van der Waals surface area contributed by atoms with Gasteiger partial charge < -0.3 is 20.5 Å². The zero-order valence-corrected chi connectivity index (χ0v) is 15.9. The number of halogens is 1. The average Bonchev–Trinajstić information content (AvgIpc) is 2.59. The molecule has 128 valence electrons. The van der Waals surface area contributed by atoms with E-state index in [1.165, 1.54) is 0 Å². The van der Waals surface area contributed by atoms with Gasteiger partial charge in [-0.15, -0.1) is 24.0 Å². The van der Waals surface area contributed by atoms with Gasteiger partial charge in [-0.05, 0) is 30.3 Å². The molecule has 24 heavy (non-hydrogen) atoms. The Morgan fingerprint density at radius 1 is 1.21 bits per heavy atom. The lowest BCUT2D eigenvalue weighted by Gasteiger charge is -2.09. The van der Waals surface area contributed by atoms with Crippen molar-refractivity contribution in [3.63, 3.8) is 0 Å². The number of methoxy groups -OCH3 is 1. The lowest BCUT2D eigenvalue weighted by atomic mass is 10.2. The molecule has 2 aromatic rings. The third kappa shape index (κ3) is 6.11. The summed E-state index contributed by atoms with van der Waals surface area (Å²) in [6.07, 6.45) is 1.71. The molecule has 0 fully saturated rings. The number of benzene rings is 2. The zero-order valence-electron chi connectivity index (χ0n) is 13.6. The standard InChI is InChI=1S/C18H21N3O2.HI/c1-3-12-23-17-7-5-4-6-14(17)13-20-18(19)21-15-8-10-16(22-2)11-9-15;/h3-11H,1,12-13H2,2H3,(H3,19,20,21);1H. The van der Waals surface area contributed by atoms with Gasteiger partial charge in [0.25, 0.3) is 0 Å². The van der Waals surface area contributed by atoms with Gasteiger partial charge >= 0.3 is 0 Å². The van der Waals surface area contributed by atoms with E-state index in [0.717, 1.165) is 22.7 Å². The van der Waals surface area contributed by atoms with Crippen molar-refractivity contribution in [2.24, 2.45) is 10.7 Å². The van der Waals surface area contributed by atoms with E-state index in [4.69, 9.17) is 15.2 Å². The molecule has 0 atom stereocenters. The Balaban J connectivity index is 0.00000288. The van der Waals surface area contributed by atoms with Crippen molar-refractivity contribution < 1.29 is 9.47 Å². The highest BCUT2D eigenvalue weighted by atomic mass is 127. The summed E-state index contributed by atoms with van der Waals surface area (Å²) < 4.78 is 10.7. The molecule has 0 radical (unpaired) electrons. The van der Waals surface area contributed by atoms with E-state index >= 15 is 0 Å². The van der Waals surface area contributed by atoms with E-state index in [9.17, 15) is 0 Å². The molecule has 6 heteroatoms. The Hall–Kier alpha value is -2.22. The second kappa shape index (κ2) is 10.5. The van der Waals surface area contributed by atoms with Crippen molar-refractivity contribution in [3.05, 3.63) is 66.7 Å². The topological polar surface area (TPSA) is 68.9 Å². The van der Waals surface area contributed by atoms with Crippen LogP contribution in [0.15, 0.2) is 66.2 Å². The van der Waals surface area contributed by atoms with Crippen LogP contribution in [0.4, 0.5) is 5.69 Å². The van der Waals surface area contributed by atoms with Gasteiger partial charge in [0.15, 0.2) is 5.96 Å². The van der Waals surface area contributed by atoms with Gasteiger partial charge in [0.2, 0.25) is 0 Å². The van der Waals surface area contributed by atoms with Crippen LogP contribution < -0.4 is 20.5 Å². The number of ether oxygens (including phenoxy) is 2. The second-order valence-electron chi connectivity index (χ2n) is 4.76. The van der Waals surface area contributed by atoms with Crippen molar-refractivity contribution in [2.45, 2.75) is 6.54 Å². The number of rotatable bonds is 7. The lowest BCUT2D eigenvalue weighted by Crippen LogP contribution is -2.22. The van der Waals surface area contributed by atoms with E-state index in [-0.39, 0.29) is 24.0 Å². The summed E-state index contributed by atoms with van der Waals surface area (Å²) in [5, 5.41) is 3.04. The first kappa shape index (κ1) is 19.8. The van der Waals surface area contributed by atoms with Crippen LogP contribution in [0, 0.1) is 0 Å². The third-order valence-electron chi connectivity index (χ3n) is 3.11. The SMILES string of the molecule is C=CCOc1ccccc1CN=C(N)Nc1ccc(OC)cc1.I. The molecular weight excluding hydrogens is 417 g/mol. The monoisotopic (exact) mass is 439 g/mol. The molecule has 2 rings (SSSR count). The number of nitrogens with one attached hydrogen (secondary N) is 1. The highest BCUT2D eigenvalue weighted by Crippen LogP contribution is 2.19. The fourth-order valence-electron chi connectivity index (χ4n) is 1.96. The Bertz CT molecular complexity index is 672. The number of para-hydroxylation sites is 1. The largest absolute Gasteiger partial charge is 0.497 e. The highest BCUT2D eigenvalue weighted by molar-refractivity contribution is 14.0. The van der Waals surface area contributed by atoms with Crippen LogP contribution in [0.25, 0.3) is 0 Å². The summed E-state index contributed by atoms with van der Waals surface area (Å²) in [4.78, 5) is 4.35. The molecule has 0 aromatic heterocycles. The fraction of sp³-hybridized carbons (Fsp3) is 0.167. The van der Waals surface area contributed by atoms with Crippen molar-refractivity contribution in [1.82, 2.24) is 0 Å². The van der Waals surface area contributed by atoms with Crippen LogP contribution in [0.1, 0.15) is 5.56 Å². The van der Waals surface area contributed by atoms with Crippen molar-refractivity contribution in [1.29, 1.82) is 0 Å². The molecule has 0 bridgehead atoms. The summed E-state index contributed by atoms with van der Waals surface area (Å²) in [6.45, 7) is 4.54. The van der Waals surface area contributed by atoms with Crippen LogP contribution in [0.3, 0.4) is 0 Å². The number of nitrogens with two attached hydrogens (primary N) is 1. The second-order valence-corrected chi connectivity index (χ2v) is 4.76. The summed E-state index contributed by atoms with van der Waals surface area (Å²) in [6, 6.07) is 15.2. The summed E-state index contributed by atoms with van der Waals surface area (Å²) in [7, 11) is 1.63. The first-order chi connectivity index (χ1) is 11.2. The minimum atomic E-state index is 0. The Labute approximate surface area is 159 Å². The summed E-state index contributed by atoms with van der Waals surface area (Å²) >= 11 is 0. The minimum absolute atomic E-state index is 0. The quantitative estimate of drug-likeness (QED) is 0.298. The Kier molecular flexibility index (Phi) is 8.70. The molecule has 3 N–H and O–H groups in total. The maximum Gasteiger partial charge on any atom is 0.193 e. The molecule has 0 saturated carbocycles.